The quantitative estimate of drug-likeness (QED) is 0.699. The minimum atomic E-state index is -1.06. The van der Waals surface area contributed by atoms with Crippen molar-refractivity contribution in [3.8, 4) is 0 Å². The average molecular weight is 180 g/mol. The number of Topliss-reactive ketones (excluding diaryl/α,β-unsaturated/α-hetero) is 1. The van der Waals surface area contributed by atoms with Gasteiger partial charge in [-0.15, -0.1) is 0 Å². The van der Waals surface area contributed by atoms with Crippen molar-refractivity contribution in [1.29, 1.82) is 0 Å². The molecule has 13 heavy (non-hydrogen) atoms. The fourth-order valence-corrected chi connectivity index (χ4v) is 1.03. The Kier molecular flexibility index (Phi) is 3.61. The summed E-state index contributed by atoms with van der Waals surface area (Å²) in [7, 11) is 1.45. The lowest BCUT2D eigenvalue weighted by atomic mass is 10.1. The molecule has 0 amide bonds. The van der Waals surface area contributed by atoms with Gasteiger partial charge < -0.3 is 9.84 Å². The minimum absolute atomic E-state index is 0.0354. The third-order valence-electron chi connectivity index (χ3n) is 1.69. The number of aliphatic hydroxyl groups excluding tert-OH is 1. The second-order valence-corrected chi connectivity index (χ2v) is 2.70. The van der Waals surface area contributed by atoms with Gasteiger partial charge in [0.1, 0.15) is 6.10 Å². The lowest BCUT2D eigenvalue weighted by Gasteiger charge is -2.07. The maximum absolute atomic E-state index is 11.4. The van der Waals surface area contributed by atoms with Crippen molar-refractivity contribution in [2.24, 2.45) is 0 Å². The molecular weight excluding hydrogens is 168 g/mol. The zero-order valence-corrected chi connectivity index (χ0v) is 7.43. The average Bonchev–Trinajstić information content (AvgIpc) is 2.18. The van der Waals surface area contributed by atoms with Gasteiger partial charge in [-0.3, -0.25) is 4.79 Å². The second kappa shape index (κ2) is 4.74. The number of methoxy groups -OCH3 is 1. The van der Waals surface area contributed by atoms with E-state index in [0.717, 1.165) is 0 Å². The van der Waals surface area contributed by atoms with Crippen molar-refractivity contribution in [2.45, 2.75) is 6.10 Å². The molecule has 1 rings (SSSR count). The number of carbonyl (C=O) groups excluding carboxylic acids is 1. The Morgan fingerprint density at radius 1 is 1.46 bits per heavy atom. The topological polar surface area (TPSA) is 46.5 Å². The summed E-state index contributed by atoms with van der Waals surface area (Å²) in [5.74, 6) is -0.303. The van der Waals surface area contributed by atoms with Crippen LogP contribution in [0.25, 0.3) is 0 Å². The van der Waals surface area contributed by atoms with Gasteiger partial charge in [0.15, 0.2) is 5.78 Å². The monoisotopic (exact) mass is 180 g/mol. The highest BCUT2D eigenvalue weighted by Gasteiger charge is 2.15. The van der Waals surface area contributed by atoms with Crippen LogP contribution in [0.2, 0.25) is 0 Å². The van der Waals surface area contributed by atoms with E-state index in [4.69, 9.17) is 0 Å². The molecule has 1 atom stereocenters. The molecule has 0 aliphatic heterocycles. The Labute approximate surface area is 77.0 Å². The van der Waals surface area contributed by atoms with E-state index in [0.29, 0.717) is 5.56 Å². The highest BCUT2D eigenvalue weighted by Crippen LogP contribution is 2.03. The molecule has 3 nitrogen and oxygen atoms in total. The Balaban J connectivity index is 2.68. The lowest BCUT2D eigenvalue weighted by molar-refractivity contribution is 0.0476. The van der Waals surface area contributed by atoms with E-state index >= 15 is 0 Å². The molecule has 0 aromatic heterocycles. The van der Waals surface area contributed by atoms with E-state index in [9.17, 15) is 9.90 Å². The van der Waals surface area contributed by atoms with Gasteiger partial charge in [0.2, 0.25) is 0 Å². The van der Waals surface area contributed by atoms with E-state index in [1.54, 1.807) is 24.3 Å². The summed E-state index contributed by atoms with van der Waals surface area (Å²) in [4.78, 5) is 11.4. The number of rotatable bonds is 4. The van der Waals surface area contributed by atoms with Gasteiger partial charge in [-0.2, -0.15) is 0 Å². The standard InChI is InChI=1S/C10H12O3/c1-13-7-9(11)10(12)8-5-3-2-4-6-8/h2-6,9,11H,7H2,1H3/t9-/m1/s1. The van der Waals surface area contributed by atoms with Crippen molar-refractivity contribution in [2.75, 3.05) is 13.7 Å². The summed E-state index contributed by atoms with van der Waals surface area (Å²) >= 11 is 0. The molecule has 0 radical (unpaired) electrons. The number of hydrogen-bond donors (Lipinski definition) is 1. The maximum Gasteiger partial charge on any atom is 0.193 e. The van der Waals surface area contributed by atoms with Crippen LogP contribution < -0.4 is 0 Å². The molecule has 0 heterocycles. The SMILES string of the molecule is COC[C@@H](O)C(=O)c1ccccc1. The molecule has 0 spiro atoms. The third-order valence-corrected chi connectivity index (χ3v) is 1.69. The van der Waals surface area contributed by atoms with E-state index < -0.39 is 6.10 Å². The van der Waals surface area contributed by atoms with Crippen molar-refractivity contribution in [3.05, 3.63) is 35.9 Å². The highest BCUT2D eigenvalue weighted by molar-refractivity contribution is 5.99. The van der Waals surface area contributed by atoms with Gasteiger partial charge in [-0.25, -0.2) is 0 Å². The smallest absolute Gasteiger partial charge is 0.193 e. The van der Waals surface area contributed by atoms with Crippen LogP contribution in [0.1, 0.15) is 10.4 Å². The summed E-state index contributed by atoms with van der Waals surface area (Å²) < 4.78 is 4.68. The van der Waals surface area contributed by atoms with Crippen molar-refractivity contribution in [3.63, 3.8) is 0 Å². The molecule has 0 aliphatic rings. The Bertz CT molecular complexity index is 269. The van der Waals surface area contributed by atoms with Crippen molar-refractivity contribution in [1.82, 2.24) is 0 Å². The van der Waals surface area contributed by atoms with Crippen LogP contribution in [-0.4, -0.2) is 30.7 Å². The summed E-state index contributed by atoms with van der Waals surface area (Å²) in [5.41, 5.74) is 0.507. The molecule has 3 heteroatoms. The first-order valence-corrected chi connectivity index (χ1v) is 4.02. The second-order valence-electron chi connectivity index (χ2n) is 2.70. The van der Waals surface area contributed by atoms with E-state index in [1.807, 2.05) is 6.07 Å². The third kappa shape index (κ3) is 2.65. The minimum Gasteiger partial charge on any atom is -0.382 e. The number of carbonyl (C=O) groups is 1. The first-order chi connectivity index (χ1) is 6.25. The van der Waals surface area contributed by atoms with Crippen LogP contribution in [0.5, 0.6) is 0 Å². The first-order valence-electron chi connectivity index (χ1n) is 4.02. The summed E-state index contributed by atoms with van der Waals surface area (Å²) in [5, 5.41) is 9.30. The van der Waals surface area contributed by atoms with Gasteiger partial charge >= 0.3 is 0 Å². The Hall–Kier alpha value is -1.19. The largest absolute Gasteiger partial charge is 0.382 e. The summed E-state index contributed by atoms with van der Waals surface area (Å²) in [6, 6.07) is 8.67. The number of hydrogen-bond acceptors (Lipinski definition) is 3. The number of benzene rings is 1. The number of ether oxygens (including phenoxy) is 1. The Morgan fingerprint density at radius 3 is 2.62 bits per heavy atom. The van der Waals surface area contributed by atoms with Crippen LogP contribution in [0.3, 0.4) is 0 Å². The van der Waals surface area contributed by atoms with Gasteiger partial charge in [0.05, 0.1) is 6.61 Å². The summed E-state index contributed by atoms with van der Waals surface area (Å²) in [6.45, 7) is 0.0354. The van der Waals surface area contributed by atoms with Gasteiger partial charge in [0.25, 0.3) is 0 Å². The van der Waals surface area contributed by atoms with Crippen LogP contribution in [-0.2, 0) is 4.74 Å². The van der Waals surface area contributed by atoms with Gasteiger partial charge in [-0.05, 0) is 0 Å². The Morgan fingerprint density at radius 2 is 2.08 bits per heavy atom. The zero-order chi connectivity index (χ0) is 9.68. The molecule has 0 saturated heterocycles. The predicted octanol–water partition coefficient (Wildman–Crippen LogP) is 0.877. The zero-order valence-electron chi connectivity index (χ0n) is 7.43. The van der Waals surface area contributed by atoms with Crippen LogP contribution >= 0.6 is 0 Å². The normalized spacial score (nSPS) is 12.5. The highest BCUT2D eigenvalue weighted by atomic mass is 16.5. The van der Waals surface area contributed by atoms with Gasteiger partial charge in [-0.1, -0.05) is 30.3 Å². The molecule has 0 bridgehead atoms. The molecule has 70 valence electrons. The lowest BCUT2D eigenvalue weighted by Crippen LogP contribution is -2.25. The van der Waals surface area contributed by atoms with E-state index in [1.165, 1.54) is 7.11 Å². The molecule has 1 N–H and O–H groups in total. The van der Waals surface area contributed by atoms with Crippen LogP contribution in [0.15, 0.2) is 30.3 Å². The molecule has 0 aliphatic carbocycles. The van der Waals surface area contributed by atoms with Crippen molar-refractivity contribution < 1.29 is 14.6 Å². The van der Waals surface area contributed by atoms with Crippen LogP contribution in [0.4, 0.5) is 0 Å². The maximum atomic E-state index is 11.4. The predicted molar refractivity (Wildman–Crippen MR) is 48.7 cm³/mol. The van der Waals surface area contributed by atoms with E-state index in [2.05, 4.69) is 4.74 Å². The fraction of sp³-hybridized carbons (Fsp3) is 0.300. The number of ketones is 1. The number of aliphatic hydroxyl groups is 1. The molecule has 1 aromatic carbocycles. The summed E-state index contributed by atoms with van der Waals surface area (Å²) in [6.07, 6.45) is -1.06. The molecule has 0 unspecified atom stereocenters. The first kappa shape index (κ1) is 9.89. The molecular formula is C10H12O3. The van der Waals surface area contributed by atoms with Crippen LogP contribution in [0, 0.1) is 0 Å². The fourth-order valence-electron chi connectivity index (χ4n) is 1.03. The van der Waals surface area contributed by atoms with Gasteiger partial charge in [0, 0.05) is 12.7 Å². The molecule has 1 aromatic rings. The van der Waals surface area contributed by atoms with E-state index in [-0.39, 0.29) is 12.4 Å². The molecule has 0 fully saturated rings. The van der Waals surface area contributed by atoms with Crippen molar-refractivity contribution >= 4 is 5.78 Å². The molecule has 0 saturated carbocycles.